The Labute approximate surface area is 168 Å². The SMILES string of the molecule is NC(=O)Cc1ccc(Sc2cc(-c3cccc(Cl)c3)nc3c2CCC3)cc1. The van der Waals surface area contributed by atoms with Crippen molar-refractivity contribution in [1.29, 1.82) is 0 Å². The molecule has 3 aromatic rings. The van der Waals surface area contributed by atoms with Gasteiger partial charge in [0, 0.05) is 26.1 Å². The standard InChI is InChI=1S/C22H19ClN2OS/c23-16-4-1-3-15(12-16)20-13-21(18-5-2-6-19(18)25-20)27-17-9-7-14(8-10-17)11-22(24)26/h1,3-4,7-10,12-13H,2,5-6,11H2,(H2,24,26). The van der Waals surface area contributed by atoms with E-state index in [1.54, 1.807) is 11.8 Å². The fraction of sp³-hybridized carbons (Fsp3) is 0.182. The molecule has 0 bridgehead atoms. The number of rotatable bonds is 5. The largest absolute Gasteiger partial charge is 0.369 e. The predicted octanol–water partition coefficient (Wildman–Crippen LogP) is 5.07. The maximum atomic E-state index is 11.1. The molecule has 1 aliphatic carbocycles. The first-order valence-corrected chi connectivity index (χ1v) is 10.1. The normalized spacial score (nSPS) is 12.8. The van der Waals surface area contributed by atoms with Gasteiger partial charge in [-0.15, -0.1) is 0 Å². The van der Waals surface area contributed by atoms with Gasteiger partial charge in [0.25, 0.3) is 0 Å². The van der Waals surface area contributed by atoms with Gasteiger partial charge >= 0.3 is 0 Å². The first-order valence-electron chi connectivity index (χ1n) is 8.92. The Hall–Kier alpha value is -2.30. The van der Waals surface area contributed by atoms with Crippen LogP contribution in [-0.4, -0.2) is 10.9 Å². The molecule has 0 spiro atoms. The molecular weight excluding hydrogens is 376 g/mol. The van der Waals surface area contributed by atoms with E-state index in [4.69, 9.17) is 22.3 Å². The van der Waals surface area contributed by atoms with Gasteiger partial charge in [-0.25, -0.2) is 0 Å². The lowest BCUT2D eigenvalue weighted by atomic mass is 10.1. The first kappa shape index (κ1) is 18.1. The summed E-state index contributed by atoms with van der Waals surface area (Å²) in [6.07, 6.45) is 3.51. The second-order valence-electron chi connectivity index (χ2n) is 6.68. The fourth-order valence-corrected chi connectivity index (χ4v) is 4.63. The number of benzene rings is 2. The summed E-state index contributed by atoms with van der Waals surface area (Å²) >= 11 is 7.91. The molecule has 0 saturated heterocycles. The molecule has 0 atom stereocenters. The minimum atomic E-state index is -0.312. The van der Waals surface area contributed by atoms with E-state index in [9.17, 15) is 4.79 Å². The van der Waals surface area contributed by atoms with Crippen LogP contribution in [0.5, 0.6) is 0 Å². The van der Waals surface area contributed by atoms with E-state index in [0.29, 0.717) is 5.02 Å². The molecule has 0 fully saturated rings. The number of fused-ring (bicyclic) bond motifs is 1. The van der Waals surface area contributed by atoms with Gasteiger partial charge in [0.05, 0.1) is 12.1 Å². The zero-order valence-corrected chi connectivity index (χ0v) is 16.3. The van der Waals surface area contributed by atoms with E-state index in [1.807, 2.05) is 48.5 Å². The molecule has 0 aliphatic heterocycles. The third-order valence-corrected chi connectivity index (χ3v) is 5.99. The summed E-state index contributed by atoms with van der Waals surface area (Å²) in [5.74, 6) is -0.312. The second kappa shape index (κ2) is 7.75. The number of hydrogen-bond donors (Lipinski definition) is 1. The van der Waals surface area contributed by atoms with Crippen molar-refractivity contribution in [3.63, 3.8) is 0 Å². The number of aryl methyl sites for hydroxylation is 1. The zero-order valence-electron chi connectivity index (χ0n) is 14.7. The van der Waals surface area contributed by atoms with Crippen molar-refractivity contribution in [3.05, 3.63) is 76.4 Å². The molecule has 3 nitrogen and oxygen atoms in total. The van der Waals surface area contributed by atoms with E-state index < -0.39 is 0 Å². The molecule has 1 amide bonds. The molecular formula is C22H19ClN2OS. The molecule has 136 valence electrons. The Kier molecular flexibility index (Phi) is 5.19. The van der Waals surface area contributed by atoms with Crippen LogP contribution in [-0.2, 0) is 24.1 Å². The van der Waals surface area contributed by atoms with Gasteiger partial charge in [-0.05, 0) is 60.7 Å². The minimum Gasteiger partial charge on any atom is -0.369 e. The van der Waals surface area contributed by atoms with Crippen LogP contribution in [0.4, 0.5) is 0 Å². The van der Waals surface area contributed by atoms with Gasteiger partial charge in [0.2, 0.25) is 5.91 Å². The van der Waals surface area contributed by atoms with E-state index in [1.165, 1.54) is 16.2 Å². The van der Waals surface area contributed by atoms with E-state index in [2.05, 4.69) is 6.07 Å². The molecule has 27 heavy (non-hydrogen) atoms. The number of halogens is 1. The quantitative estimate of drug-likeness (QED) is 0.657. The van der Waals surface area contributed by atoms with Crippen LogP contribution in [0, 0.1) is 0 Å². The molecule has 0 radical (unpaired) electrons. The lowest BCUT2D eigenvalue weighted by molar-refractivity contribution is -0.117. The number of carbonyl (C=O) groups excluding carboxylic acids is 1. The predicted molar refractivity (Wildman–Crippen MR) is 110 cm³/mol. The number of aromatic nitrogens is 1. The summed E-state index contributed by atoms with van der Waals surface area (Å²) in [6, 6.07) is 18.0. The average Bonchev–Trinajstić information content (AvgIpc) is 3.12. The third kappa shape index (κ3) is 4.18. The lowest BCUT2D eigenvalue weighted by Gasteiger charge is -2.12. The van der Waals surface area contributed by atoms with Crippen LogP contribution in [0.25, 0.3) is 11.3 Å². The molecule has 2 aromatic carbocycles. The van der Waals surface area contributed by atoms with Crippen molar-refractivity contribution >= 4 is 29.3 Å². The van der Waals surface area contributed by atoms with Crippen LogP contribution in [0.2, 0.25) is 5.02 Å². The van der Waals surface area contributed by atoms with Gasteiger partial charge in [-0.2, -0.15) is 0 Å². The Morgan fingerprint density at radius 3 is 2.67 bits per heavy atom. The van der Waals surface area contributed by atoms with Crippen molar-refractivity contribution in [2.45, 2.75) is 35.5 Å². The van der Waals surface area contributed by atoms with Crippen LogP contribution >= 0.6 is 23.4 Å². The maximum Gasteiger partial charge on any atom is 0.221 e. The number of pyridine rings is 1. The molecule has 2 N–H and O–H groups in total. The maximum absolute atomic E-state index is 11.1. The highest BCUT2D eigenvalue weighted by molar-refractivity contribution is 7.99. The molecule has 0 saturated carbocycles. The number of hydrogen-bond acceptors (Lipinski definition) is 3. The first-order chi connectivity index (χ1) is 13.1. The molecule has 1 aromatic heterocycles. The molecule has 5 heteroatoms. The van der Waals surface area contributed by atoms with Crippen LogP contribution in [0.1, 0.15) is 23.2 Å². The highest BCUT2D eigenvalue weighted by atomic mass is 35.5. The fourth-order valence-electron chi connectivity index (χ4n) is 3.40. The monoisotopic (exact) mass is 394 g/mol. The topological polar surface area (TPSA) is 56.0 Å². The highest BCUT2D eigenvalue weighted by Gasteiger charge is 2.19. The van der Waals surface area contributed by atoms with E-state index in [-0.39, 0.29) is 12.3 Å². The van der Waals surface area contributed by atoms with Crippen molar-refractivity contribution in [1.82, 2.24) is 4.98 Å². The van der Waals surface area contributed by atoms with Crippen molar-refractivity contribution in [2.75, 3.05) is 0 Å². The lowest BCUT2D eigenvalue weighted by Crippen LogP contribution is -2.13. The number of carbonyl (C=O) groups is 1. The van der Waals surface area contributed by atoms with Crippen LogP contribution in [0.15, 0.2) is 64.4 Å². The Balaban J connectivity index is 1.67. The number of nitrogens with two attached hydrogens (primary N) is 1. The van der Waals surface area contributed by atoms with Crippen LogP contribution < -0.4 is 5.73 Å². The molecule has 1 heterocycles. The van der Waals surface area contributed by atoms with Crippen LogP contribution in [0.3, 0.4) is 0 Å². The Morgan fingerprint density at radius 1 is 1.11 bits per heavy atom. The van der Waals surface area contributed by atoms with Crippen molar-refractivity contribution in [3.8, 4) is 11.3 Å². The summed E-state index contributed by atoms with van der Waals surface area (Å²) in [5, 5.41) is 0.717. The average molecular weight is 395 g/mol. The van der Waals surface area contributed by atoms with Gasteiger partial charge in [0.15, 0.2) is 0 Å². The summed E-state index contributed by atoms with van der Waals surface area (Å²) < 4.78 is 0. The van der Waals surface area contributed by atoms with E-state index in [0.717, 1.165) is 41.0 Å². The zero-order chi connectivity index (χ0) is 18.8. The number of amides is 1. The van der Waals surface area contributed by atoms with Gasteiger partial charge in [-0.3, -0.25) is 9.78 Å². The molecule has 4 rings (SSSR count). The Morgan fingerprint density at radius 2 is 1.93 bits per heavy atom. The number of nitrogens with zero attached hydrogens (tertiary/aromatic N) is 1. The van der Waals surface area contributed by atoms with E-state index >= 15 is 0 Å². The van der Waals surface area contributed by atoms with Gasteiger partial charge in [0.1, 0.15) is 0 Å². The molecule has 0 unspecified atom stereocenters. The van der Waals surface area contributed by atoms with Crippen molar-refractivity contribution in [2.24, 2.45) is 5.73 Å². The summed E-state index contributed by atoms with van der Waals surface area (Å²) in [7, 11) is 0. The Bertz CT molecular complexity index is 1000. The third-order valence-electron chi connectivity index (χ3n) is 4.66. The summed E-state index contributed by atoms with van der Waals surface area (Å²) in [5.41, 5.74) is 10.8. The smallest absolute Gasteiger partial charge is 0.221 e. The van der Waals surface area contributed by atoms with Crippen molar-refractivity contribution < 1.29 is 4.79 Å². The molecule has 1 aliphatic rings. The number of primary amides is 1. The highest BCUT2D eigenvalue weighted by Crippen LogP contribution is 2.38. The summed E-state index contributed by atoms with van der Waals surface area (Å²) in [6.45, 7) is 0. The van der Waals surface area contributed by atoms with Gasteiger partial charge < -0.3 is 5.73 Å². The minimum absolute atomic E-state index is 0.272. The van der Waals surface area contributed by atoms with Gasteiger partial charge in [-0.1, -0.05) is 47.6 Å². The second-order valence-corrected chi connectivity index (χ2v) is 8.24. The summed E-state index contributed by atoms with van der Waals surface area (Å²) in [4.78, 5) is 18.3.